The third-order valence-corrected chi connectivity index (χ3v) is 3.32. The van der Waals surface area contributed by atoms with Crippen molar-refractivity contribution in [1.82, 2.24) is 5.32 Å². The minimum Gasteiger partial charge on any atom is -0.465 e. The summed E-state index contributed by atoms with van der Waals surface area (Å²) in [4.78, 5) is 12.2. The number of carbonyl (C=O) groups is 1. The zero-order valence-corrected chi connectivity index (χ0v) is 11.5. The molecule has 0 aliphatic carbocycles. The predicted molar refractivity (Wildman–Crippen MR) is 71.4 cm³/mol. The second-order valence-corrected chi connectivity index (χ2v) is 4.71. The molecule has 1 rings (SSSR count). The van der Waals surface area contributed by atoms with Crippen molar-refractivity contribution in [2.24, 2.45) is 0 Å². The highest BCUT2D eigenvalue weighted by molar-refractivity contribution is 5.81. The van der Waals surface area contributed by atoms with Crippen LogP contribution in [-0.4, -0.2) is 37.4 Å². The highest BCUT2D eigenvalue weighted by Crippen LogP contribution is 2.28. The lowest BCUT2D eigenvalue weighted by molar-refractivity contribution is -0.158. The molecular weight excluding hydrogens is 230 g/mol. The Bertz CT molecular complexity index is 278. The number of nitrogens with one attached hydrogen (secondary N) is 1. The van der Waals surface area contributed by atoms with Crippen LogP contribution in [0.3, 0.4) is 0 Å². The Morgan fingerprint density at radius 1 is 1.61 bits per heavy atom. The van der Waals surface area contributed by atoms with Gasteiger partial charge in [0.25, 0.3) is 0 Å². The van der Waals surface area contributed by atoms with Crippen molar-refractivity contribution in [2.45, 2.75) is 51.2 Å². The van der Waals surface area contributed by atoms with Gasteiger partial charge in [-0.3, -0.25) is 10.1 Å². The fraction of sp³-hybridized carbons (Fsp3) is 0.786. The fourth-order valence-corrected chi connectivity index (χ4v) is 2.41. The van der Waals surface area contributed by atoms with Crippen molar-refractivity contribution in [3.63, 3.8) is 0 Å². The van der Waals surface area contributed by atoms with Crippen LogP contribution >= 0.6 is 0 Å². The Hall–Kier alpha value is -0.870. The number of esters is 1. The van der Waals surface area contributed by atoms with Crippen LogP contribution in [0.1, 0.15) is 39.5 Å². The summed E-state index contributed by atoms with van der Waals surface area (Å²) >= 11 is 0. The maximum Gasteiger partial charge on any atom is 0.326 e. The van der Waals surface area contributed by atoms with Gasteiger partial charge in [-0.05, 0) is 19.8 Å². The van der Waals surface area contributed by atoms with Gasteiger partial charge in [0, 0.05) is 19.6 Å². The number of carbonyl (C=O) groups excluding carboxylic acids is 1. The van der Waals surface area contributed by atoms with E-state index in [0.717, 1.165) is 12.8 Å². The minimum atomic E-state index is -0.595. The predicted octanol–water partition coefficient (Wildman–Crippen LogP) is 2.04. The van der Waals surface area contributed by atoms with E-state index >= 15 is 0 Å². The maximum atomic E-state index is 12.2. The zero-order valence-electron chi connectivity index (χ0n) is 11.5. The summed E-state index contributed by atoms with van der Waals surface area (Å²) in [6.45, 7) is 9.28. The summed E-state index contributed by atoms with van der Waals surface area (Å²) in [5.41, 5.74) is -0.595. The average Bonchev–Trinajstić information content (AvgIpc) is 2.37. The molecule has 1 N–H and O–H groups in total. The van der Waals surface area contributed by atoms with Crippen LogP contribution in [0.15, 0.2) is 12.7 Å². The van der Waals surface area contributed by atoms with E-state index in [1.54, 1.807) is 6.08 Å². The highest BCUT2D eigenvalue weighted by Gasteiger charge is 2.43. The smallest absolute Gasteiger partial charge is 0.326 e. The lowest BCUT2D eigenvalue weighted by Gasteiger charge is -2.39. The normalized spacial score (nSPS) is 27.8. The molecule has 104 valence electrons. The largest absolute Gasteiger partial charge is 0.465 e. The molecule has 2 atom stereocenters. The van der Waals surface area contributed by atoms with E-state index in [4.69, 9.17) is 9.47 Å². The molecule has 0 aromatic carbocycles. The average molecular weight is 255 g/mol. The molecule has 0 amide bonds. The van der Waals surface area contributed by atoms with Crippen LogP contribution < -0.4 is 5.32 Å². The Balaban J connectivity index is 2.75. The van der Waals surface area contributed by atoms with Crippen molar-refractivity contribution in [2.75, 3.05) is 19.8 Å². The van der Waals surface area contributed by atoms with E-state index < -0.39 is 5.54 Å². The van der Waals surface area contributed by atoms with E-state index in [1.165, 1.54) is 0 Å². The van der Waals surface area contributed by atoms with Crippen molar-refractivity contribution >= 4 is 5.97 Å². The number of rotatable bonds is 7. The molecule has 4 nitrogen and oxygen atoms in total. The van der Waals surface area contributed by atoms with Gasteiger partial charge in [-0.25, -0.2) is 0 Å². The van der Waals surface area contributed by atoms with Crippen molar-refractivity contribution in [3.8, 4) is 0 Å². The lowest BCUT2D eigenvalue weighted by atomic mass is 9.85. The summed E-state index contributed by atoms with van der Waals surface area (Å²) in [6, 6.07) is 0. The monoisotopic (exact) mass is 255 g/mol. The molecule has 18 heavy (non-hydrogen) atoms. The third kappa shape index (κ3) is 3.82. The molecule has 1 aliphatic rings. The summed E-state index contributed by atoms with van der Waals surface area (Å²) in [7, 11) is 0. The van der Waals surface area contributed by atoms with Crippen LogP contribution in [0, 0.1) is 0 Å². The van der Waals surface area contributed by atoms with Gasteiger partial charge in [-0.1, -0.05) is 19.4 Å². The summed E-state index contributed by atoms with van der Waals surface area (Å²) < 4.78 is 10.9. The van der Waals surface area contributed by atoms with Gasteiger partial charge in [0.1, 0.15) is 5.54 Å². The summed E-state index contributed by atoms with van der Waals surface area (Å²) in [5, 5.41) is 3.29. The van der Waals surface area contributed by atoms with Gasteiger partial charge < -0.3 is 9.47 Å². The first-order valence-electron chi connectivity index (χ1n) is 6.83. The van der Waals surface area contributed by atoms with Crippen molar-refractivity contribution in [1.29, 1.82) is 0 Å². The van der Waals surface area contributed by atoms with Gasteiger partial charge in [-0.15, -0.1) is 6.58 Å². The molecule has 1 saturated heterocycles. The number of ether oxygens (including phenoxy) is 2. The van der Waals surface area contributed by atoms with Gasteiger partial charge in [0.15, 0.2) is 0 Å². The number of hydrogen-bond donors (Lipinski definition) is 1. The molecule has 4 heteroatoms. The standard InChI is InChI=1S/C14H25NO3/c1-4-7-12-11-14(8-10-18-12,15-9-5-2)13(16)17-6-3/h5,12,15H,2,4,6-11H2,1,3H3. The van der Waals surface area contributed by atoms with E-state index in [2.05, 4.69) is 18.8 Å². The molecular formula is C14H25NO3. The molecule has 2 unspecified atom stereocenters. The second kappa shape index (κ2) is 7.54. The Kier molecular flexibility index (Phi) is 6.36. The summed E-state index contributed by atoms with van der Waals surface area (Å²) in [5.74, 6) is -0.156. The van der Waals surface area contributed by atoms with Crippen LogP contribution in [0.4, 0.5) is 0 Å². The number of hydrogen-bond acceptors (Lipinski definition) is 4. The van der Waals surface area contributed by atoms with Crippen molar-refractivity contribution < 1.29 is 14.3 Å². The highest BCUT2D eigenvalue weighted by atomic mass is 16.5. The molecule has 0 aromatic rings. The third-order valence-electron chi connectivity index (χ3n) is 3.32. The first-order chi connectivity index (χ1) is 8.68. The maximum absolute atomic E-state index is 12.2. The first-order valence-corrected chi connectivity index (χ1v) is 6.83. The Morgan fingerprint density at radius 2 is 2.39 bits per heavy atom. The molecule has 0 bridgehead atoms. The van der Waals surface area contributed by atoms with Gasteiger partial charge in [0.2, 0.25) is 0 Å². The van der Waals surface area contributed by atoms with E-state index in [-0.39, 0.29) is 12.1 Å². The van der Waals surface area contributed by atoms with Crippen LogP contribution in [0.2, 0.25) is 0 Å². The SMILES string of the molecule is C=CCNC1(C(=O)OCC)CCOC(CCC)C1. The lowest BCUT2D eigenvalue weighted by Crippen LogP contribution is -2.58. The van der Waals surface area contributed by atoms with Gasteiger partial charge in [-0.2, -0.15) is 0 Å². The van der Waals surface area contributed by atoms with Crippen LogP contribution in [-0.2, 0) is 14.3 Å². The zero-order chi connectivity index (χ0) is 13.4. The fourth-order valence-electron chi connectivity index (χ4n) is 2.41. The topological polar surface area (TPSA) is 47.6 Å². The Morgan fingerprint density at radius 3 is 3.00 bits per heavy atom. The second-order valence-electron chi connectivity index (χ2n) is 4.71. The molecule has 1 fully saturated rings. The molecule has 1 aliphatic heterocycles. The van der Waals surface area contributed by atoms with Crippen LogP contribution in [0.5, 0.6) is 0 Å². The molecule has 0 saturated carbocycles. The Labute approximate surface area is 110 Å². The van der Waals surface area contributed by atoms with Crippen molar-refractivity contribution in [3.05, 3.63) is 12.7 Å². The minimum absolute atomic E-state index is 0.144. The first kappa shape index (κ1) is 15.2. The van der Waals surface area contributed by atoms with E-state index in [9.17, 15) is 4.79 Å². The molecule has 0 radical (unpaired) electrons. The van der Waals surface area contributed by atoms with Gasteiger partial charge >= 0.3 is 5.97 Å². The van der Waals surface area contributed by atoms with E-state index in [0.29, 0.717) is 32.6 Å². The quantitative estimate of drug-likeness (QED) is 0.558. The molecule has 1 heterocycles. The molecule has 0 aromatic heterocycles. The van der Waals surface area contributed by atoms with Crippen LogP contribution in [0.25, 0.3) is 0 Å². The van der Waals surface area contributed by atoms with E-state index in [1.807, 2.05) is 6.92 Å². The van der Waals surface area contributed by atoms with Gasteiger partial charge in [0.05, 0.1) is 12.7 Å². The molecule has 0 spiro atoms. The summed E-state index contributed by atoms with van der Waals surface area (Å²) in [6.07, 6.45) is 5.31.